The highest BCUT2D eigenvalue weighted by Crippen LogP contribution is 2.64. The average molecular weight is 604 g/mol. The van der Waals surface area contributed by atoms with Crippen LogP contribution in [0.2, 0.25) is 0 Å². The largest absolute Gasteiger partial charge is 1.00 e. The van der Waals surface area contributed by atoms with Gasteiger partial charge in [0, 0.05) is 43.0 Å². The summed E-state index contributed by atoms with van der Waals surface area (Å²) in [5.74, 6) is 2.05. The highest BCUT2D eigenvalue weighted by molar-refractivity contribution is 5.92. The standard InChI is InChI=1S/C28H32N2O5.HI/c1-29(25(32)12-7-17-5-4-6-18(15-17)34-3)21-9-8-20-22-16-19-23(31)10-11-24-26(19)28(20,27(21)35-24)13-14-30(22,2)33;/h4-7,10-12,15,20-22,27,33H,8-9,13-14,16H2,1-3H3;1H/t20-,21+,22+,27-,28-,30?;/m0./s1. The maximum absolute atomic E-state index is 13.3. The fraction of sp³-hybridized carbons (Fsp3) is 0.464. The molecule has 0 aromatic heterocycles. The van der Waals surface area contributed by atoms with E-state index in [-0.39, 0.29) is 69.8 Å². The lowest BCUT2D eigenvalue weighted by atomic mass is 9.50. The number of quaternary nitrogens is 1. The van der Waals surface area contributed by atoms with Crippen molar-refractivity contribution in [2.24, 2.45) is 5.92 Å². The Morgan fingerprint density at radius 1 is 1.28 bits per heavy atom. The lowest BCUT2D eigenvalue weighted by Crippen LogP contribution is -3.00. The Morgan fingerprint density at radius 2 is 2.08 bits per heavy atom. The summed E-state index contributed by atoms with van der Waals surface area (Å²) in [4.78, 5) is 15.1. The lowest BCUT2D eigenvalue weighted by molar-refractivity contribution is -1.11. The molecule has 1 unspecified atom stereocenters. The van der Waals surface area contributed by atoms with Gasteiger partial charge in [0.15, 0.2) is 0 Å². The molecule has 1 saturated carbocycles. The lowest BCUT2D eigenvalue weighted by Gasteiger charge is -2.59. The van der Waals surface area contributed by atoms with Crippen LogP contribution in [0.1, 0.15) is 36.0 Å². The molecule has 36 heavy (non-hydrogen) atoms. The van der Waals surface area contributed by atoms with Gasteiger partial charge in [-0.05, 0) is 48.7 Å². The number of carbonyl (C=O) groups excluding carboxylic acids is 1. The van der Waals surface area contributed by atoms with Crippen molar-refractivity contribution in [3.8, 4) is 17.2 Å². The highest BCUT2D eigenvalue weighted by Gasteiger charge is 2.69. The number of halogens is 1. The second-order valence-electron chi connectivity index (χ2n) is 10.8. The van der Waals surface area contributed by atoms with Gasteiger partial charge in [-0.25, -0.2) is 5.21 Å². The van der Waals surface area contributed by atoms with E-state index >= 15 is 0 Å². The zero-order valence-electron chi connectivity index (χ0n) is 20.9. The summed E-state index contributed by atoms with van der Waals surface area (Å²) in [6, 6.07) is 11.1. The number of carbonyl (C=O) groups is 1. The van der Waals surface area contributed by atoms with Gasteiger partial charge in [-0.15, -0.1) is 0 Å². The molecule has 8 heteroatoms. The van der Waals surface area contributed by atoms with Crippen LogP contribution in [0.25, 0.3) is 6.08 Å². The Balaban J connectivity index is 0.00000267. The Labute approximate surface area is 228 Å². The van der Waals surface area contributed by atoms with Crippen molar-refractivity contribution in [1.82, 2.24) is 4.90 Å². The van der Waals surface area contributed by atoms with E-state index < -0.39 is 0 Å². The molecular formula is C28H33IN2O5. The number of methoxy groups -OCH3 is 1. The first-order chi connectivity index (χ1) is 16.8. The number of hydrogen-bond acceptors (Lipinski definition) is 5. The number of ether oxygens (including phenoxy) is 2. The van der Waals surface area contributed by atoms with E-state index in [2.05, 4.69) is 0 Å². The van der Waals surface area contributed by atoms with Gasteiger partial charge in [0.25, 0.3) is 0 Å². The third-order valence-corrected chi connectivity index (χ3v) is 9.19. The SMILES string of the molecule is COc1cccc(C=CC(=O)N(C)[C@@H]2CC[C@H]3[C@H]4Cc5c(O)ccc6c5[C@@]3(CC[N+]4(C)O)[C@H]2O6)c1.[I-]. The van der Waals surface area contributed by atoms with Crippen LogP contribution >= 0.6 is 0 Å². The zero-order chi connectivity index (χ0) is 24.5. The molecule has 7 nitrogen and oxygen atoms in total. The number of hydrogen-bond donors (Lipinski definition) is 2. The van der Waals surface area contributed by atoms with E-state index in [1.165, 1.54) is 0 Å². The molecule has 2 fully saturated rings. The van der Waals surface area contributed by atoms with Crippen LogP contribution in [0, 0.1) is 5.92 Å². The van der Waals surface area contributed by atoms with Gasteiger partial charge in [-0.3, -0.25) is 4.79 Å². The topological polar surface area (TPSA) is 79.2 Å². The van der Waals surface area contributed by atoms with Gasteiger partial charge in [0.05, 0.1) is 25.6 Å². The molecule has 2 aliphatic carbocycles. The molecule has 0 radical (unpaired) electrons. The van der Waals surface area contributed by atoms with E-state index in [4.69, 9.17) is 9.47 Å². The third-order valence-electron chi connectivity index (χ3n) is 9.19. The molecule has 6 atom stereocenters. The van der Waals surface area contributed by atoms with Crippen molar-refractivity contribution < 1.29 is 53.2 Å². The number of piperidine rings is 1. The minimum Gasteiger partial charge on any atom is -1.00 e. The van der Waals surface area contributed by atoms with Crippen LogP contribution in [0.4, 0.5) is 0 Å². The van der Waals surface area contributed by atoms with Crippen molar-refractivity contribution >= 4 is 12.0 Å². The molecule has 2 N–H and O–H groups in total. The van der Waals surface area contributed by atoms with Crippen LogP contribution in [-0.2, 0) is 16.6 Å². The maximum atomic E-state index is 13.3. The van der Waals surface area contributed by atoms with E-state index in [0.717, 1.165) is 47.5 Å². The molecule has 2 aromatic carbocycles. The van der Waals surface area contributed by atoms with E-state index in [1.54, 1.807) is 19.3 Å². The number of phenolic OH excluding ortho intramolecular Hbond substituents is 1. The molecule has 2 heterocycles. The average Bonchev–Trinajstić information content (AvgIpc) is 3.20. The summed E-state index contributed by atoms with van der Waals surface area (Å²) in [7, 11) is 5.38. The molecule has 1 spiro atoms. The number of amides is 1. The summed E-state index contributed by atoms with van der Waals surface area (Å²) >= 11 is 0. The van der Waals surface area contributed by atoms with Crippen LogP contribution in [0.5, 0.6) is 17.2 Å². The predicted octanol–water partition coefficient (Wildman–Crippen LogP) is 0.518. The van der Waals surface area contributed by atoms with Crippen molar-refractivity contribution in [1.29, 1.82) is 0 Å². The second kappa shape index (κ2) is 8.92. The predicted molar refractivity (Wildman–Crippen MR) is 130 cm³/mol. The number of rotatable bonds is 4. The minimum atomic E-state index is -0.291. The van der Waals surface area contributed by atoms with Gasteiger partial charge >= 0.3 is 0 Å². The van der Waals surface area contributed by atoms with Crippen molar-refractivity contribution in [2.75, 3.05) is 27.7 Å². The molecule has 192 valence electrons. The second-order valence-corrected chi connectivity index (χ2v) is 10.8. The van der Waals surface area contributed by atoms with E-state index in [1.807, 2.05) is 55.4 Å². The summed E-state index contributed by atoms with van der Waals surface area (Å²) in [5.41, 5.74) is 2.65. The fourth-order valence-electron chi connectivity index (χ4n) is 7.48. The number of nitrogens with zero attached hydrogens (tertiary/aromatic N) is 2. The van der Waals surface area contributed by atoms with Gasteiger partial charge in [0.2, 0.25) is 5.91 Å². The third kappa shape index (κ3) is 3.55. The molecule has 4 aliphatic rings. The first-order valence-corrected chi connectivity index (χ1v) is 12.4. The fourth-order valence-corrected chi connectivity index (χ4v) is 7.48. The van der Waals surface area contributed by atoms with Crippen molar-refractivity contribution in [2.45, 2.75) is 49.3 Å². The number of likely N-dealkylation sites (tertiary alicyclic amines) is 1. The number of benzene rings is 2. The molecule has 6 rings (SSSR count). The van der Waals surface area contributed by atoms with Crippen LogP contribution < -0.4 is 33.5 Å². The van der Waals surface area contributed by atoms with Crippen LogP contribution in [0.15, 0.2) is 42.5 Å². The van der Waals surface area contributed by atoms with Gasteiger partial charge in [0.1, 0.15) is 35.9 Å². The van der Waals surface area contributed by atoms with E-state index in [9.17, 15) is 15.1 Å². The molecule has 1 saturated heterocycles. The van der Waals surface area contributed by atoms with E-state index in [0.29, 0.717) is 13.0 Å². The maximum Gasteiger partial charge on any atom is 0.246 e. The molecule has 2 aromatic rings. The first kappa shape index (κ1) is 25.4. The van der Waals surface area contributed by atoms with Gasteiger partial charge < -0.3 is 43.5 Å². The summed E-state index contributed by atoms with van der Waals surface area (Å²) in [5, 5.41) is 22.0. The van der Waals surface area contributed by atoms with Crippen molar-refractivity contribution in [3.63, 3.8) is 0 Å². The number of phenols is 1. The Kier molecular flexibility index (Phi) is 6.28. The zero-order valence-corrected chi connectivity index (χ0v) is 23.0. The van der Waals surface area contributed by atoms with Crippen LogP contribution in [-0.4, -0.2) is 71.7 Å². The summed E-state index contributed by atoms with van der Waals surface area (Å²) in [6.45, 7) is 0.635. The number of likely N-dealkylation sites (N-methyl/N-ethyl adjacent to an activating group) is 2. The molecular weight excluding hydrogens is 571 g/mol. The quantitative estimate of drug-likeness (QED) is 0.303. The molecule has 2 bridgehead atoms. The first-order valence-electron chi connectivity index (χ1n) is 12.4. The Bertz CT molecular complexity index is 1230. The molecule has 1 amide bonds. The minimum absolute atomic E-state index is 0. The number of hydroxylamine groups is 3. The smallest absolute Gasteiger partial charge is 0.246 e. The normalized spacial score (nSPS) is 33.3. The van der Waals surface area contributed by atoms with Gasteiger partial charge in [-0.2, -0.15) is 4.65 Å². The summed E-state index contributed by atoms with van der Waals surface area (Å²) in [6.07, 6.45) is 6.38. The molecule has 2 aliphatic heterocycles. The monoisotopic (exact) mass is 604 g/mol. The Morgan fingerprint density at radius 3 is 2.86 bits per heavy atom. The van der Waals surface area contributed by atoms with Gasteiger partial charge in [-0.1, -0.05) is 12.1 Å². The van der Waals surface area contributed by atoms with Crippen LogP contribution in [0.3, 0.4) is 0 Å². The van der Waals surface area contributed by atoms with Crippen molar-refractivity contribution in [3.05, 3.63) is 59.2 Å². The number of aromatic hydroxyl groups is 1. The highest BCUT2D eigenvalue weighted by atomic mass is 127. The Hall–Kier alpha value is -2.30. The summed E-state index contributed by atoms with van der Waals surface area (Å²) < 4.78 is 11.9.